The number of aromatic carboxylic acids is 2. The maximum Gasteiger partial charge on any atom is 0.337 e. The Kier molecular flexibility index (Phi) is 3.57. The molecule has 19 heavy (non-hydrogen) atoms. The number of hydrogen-bond donors (Lipinski definition) is 2. The first-order valence-corrected chi connectivity index (χ1v) is 6.37. The van der Waals surface area contributed by atoms with E-state index < -0.39 is 11.9 Å². The van der Waals surface area contributed by atoms with Crippen molar-refractivity contribution < 1.29 is 24.6 Å². The van der Waals surface area contributed by atoms with Gasteiger partial charge in [0.2, 0.25) is 5.91 Å². The lowest BCUT2D eigenvalue weighted by Crippen LogP contribution is -2.26. The van der Waals surface area contributed by atoms with E-state index in [0.29, 0.717) is 13.0 Å². The minimum Gasteiger partial charge on any atom is -0.478 e. The molecular weight excluding hydrogens is 318 g/mol. The van der Waals surface area contributed by atoms with E-state index in [9.17, 15) is 14.4 Å². The van der Waals surface area contributed by atoms with E-state index in [4.69, 9.17) is 10.2 Å². The van der Waals surface area contributed by atoms with Gasteiger partial charge < -0.3 is 15.1 Å². The number of nitrogens with zero attached hydrogens (tertiary/aromatic N) is 1. The fourth-order valence-electron chi connectivity index (χ4n) is 1.97. The van der Waals surface area contributed by atoms with Gasteiger partial charge in [0.05, 0.1) is 16.8 Å². The van der Waals surface area contributed by atoms with Gasteiger partial charge in [-0.05, 0) is 18.2 Å². The highest BCUT2D eigenvalue weighted by atomic mass is 79.9. The smallest absolute Gasteiger partial charge is 0.337 e. The van der Waals surface area contributed by atoms with Crippen LogP contribution in [0.5, 0.6) is 0 Å². The van der Waals surface area contributed by atoms with Gasteiger partial charge >= 0.3 is 11.9 Å². The third-order valence-corrected chi connectivity index (χ3v) is 3.46. The fraction of sp³-hybridized carbons (Fsp3) is 0.250. The van der Waals surface area contributed by atoms with E-state index in [1.54, 1.807) is 0 Å². The van der Waals surface area contributed by atoms with Crippen molar-refractivity contribution in [1.82, 2.24) is 0 Å². The lowest BCUT2D eigenvalue weighted by Gasteiger charge is -2.18. The molecule has 1 atom stereocenters. The van der Waals surface area contributed by atoms with Gasteiger partial charge in [-0.1, -0.05) is 15.9 Å². The number of halogens is 1. The van der Waals surface area contributed by atoms with Gasteiger partial charge in [-0.15, -0.1) is 0 Å². The highest BCUT2D eigenvalue weighted by Crippen LogP contribution is 2.29. The van der Waals surface area contributed by atoms with Crippen LogP contribution < -0.4 is 4.90 Å². The van der Waals surface area contributed by atoms with Crippen LogP contribution in [0.2, 0.25) is 0 Å². The van der Waals surface area contributed by atoms with Crippen LogP contribution in [0.15, 0.2) is 18.2 Å². The van der Waals surface area contributed by atoms with Crippen LogP contribution in [0, 0.1) is 0 Å². The number of rotatable bonds is 3. The van der Waals surface area contributed by atoms with E-state index >= 15 is 0 Å². The summed E-state index contributed by atoms with van der Waals surface area (Å²) in [5, 5.41) is 18.0. The Morgan fingerprint density at radius 1 is 1.26 bits per heavy atom. The molecule has 1 aliphatic rings. The van der Waals surface area contributed by atoms with Gasteiger partial charge in [0.15, 0.2) is 0 Å². The third-order valence-electron chi connectivity index (χ3n) is 2.84. The van der Waals surface area contributed by atoms with Crippen molar-refractivity contribution in [2.45, 2.75) is 11.2 Å². The molecule has 0 radical (unpaired) electrons. The summed E-state index contributed by atoms with van der Waals surface area (Å²) in [6.07, 6.45) is 0.291. The van der Waals surface area contributed by atoms with Crippen LogP contribution in [0.25, 0.3) is 0 Å². The second-order valence-electron chi connectivity index (χ2n) is 4.15. The van der Waals surface area contributed by atoms with E-state index in [1.165, 1.54) is 17.0 Å². The minimum absolute atomic E-state index is 0.0270. The number of carbonyl (C=O) groups is 3. The molecule has 100 valence electrons. The highest BCUT2D eigenvalue weighted by Gasteiger charge is 2.31. The number of carboxylic acids is 2. The molecule has 1 amide bonds. The Labute approximate surface area is 116 Å². The summed E-state index contributed by atoms with van der Waals surface area (Å²) in [6, 6.07) is 3.71. The van der Waals surface area contributed by atoms with E-state index in [-0.39, 0.29) is 27.5 Å². The van der Waals surface area contributed by atoms with Crippen molar-refractivity contribution in [3.63, 3.8) is 0 Å². The summed E-state index contributed by atoms with van der Waals surface area (Å²) >= 11 is 3.31. The second-order valence-corrected chi connectivity index (χ2v) is 5.44. The molecule has 0 spiro atoms. The molecule has 1 aromatic rings. The zero-order valence-electron chi connectivity index (χ0n) is 9.67. The summed E-state index contributed by atoms with van der Waals surface area (Å²) in [4.78, 5) is 35.1. The van der Waals surface area contributed by atoms with Crippen LogP contribution in [-0.2, 0) is 4.79 Å². The summed E-state index contributed by atoms with van der Waals surface area (Å²) in [5.74, 6) is -2.66. The average molecular weight is 328 g/mol. The number of alkyl halides is 1. The first-order chi connectivity index (χ1) is 8.90. The molecule has 1 aliphatic heterocycles. The quantitative estimate of drug-likeness (QED) is 0.822. The Bertz CT molecular complexity index is 571. The van der Waals surface area contributed by atoms with Crippen molar-refractivity contribution in [2.24, 2.45) is 0 Å². The molecule has 0 saturated carbocycles. The SMILES string of the molecule is O=C(O)c1ccc(N2CC(Br)CC2=O)c(C(=O)O)c1. The summed E-state index contributed by atoms with van der Waals surface area (Å²) < 4.78 is 0. The Hall–Kier alpha value is -1.89. The van der Waals surface area contributed by atoms with Crippen LogP contribution in [0.4, 0.5) is 5.69 Å². The summed E-state index contributed by atoms with van der Waals surface area (Å²) in [6.45, 7) is 0.367. The molecule has 2 N–H and O–H groups in total. The first-order valence-electron chi connectivity index (χ1n) is 5.45. The molecule has 0 bridgehead atoms. The van der Waals surface area contributed by atoms with Crippen molar-refractivity contribution in [1.29, 1.82) is 0 Å². The van der Waals surface area contributed by atoms with E-state index in [0.717, 1.165) is 6.07 Å². The van der Waals surface area contributed by atoms with Crippen molar-refractivity contribution in [3.05, 3.63) is 29.3 Å². The normalized spacial score (nSPS) is 18.7. The molecule has 0 aliphatic carbocycles. The van der Waals surface area contributed by atoms with Crippen molar-refractivity contribution >= 4 is 39.5 Å². The van der Waals surface area contributed by atoms with Crippen molar-refractivity contribution in [2.75, 3.05) is 11.4 Å². The Balaban J connectivity index is 2.48. The van der Waals surface area contributed by atoms with Gasteiger partial charge in [0, 0.05) is 17.8 Å². The van der Waals surface area contributed by atoms with Crippen LogP contribution in [-0.4, -0.2) is 39.4 Å². The van der Waals surface area contributed by atoms with Gasteiger partial charge in [0.25, 0.3) is 0 Å². The van der Waals surface area contributed by atoms with Crippen LogP contribution >= 0.6 is 15.9 Å². The topological polar surface area (TPSA) is 94.9 Å². The molecule has 2 rings (SSSR count). The molecule has 6 nitrogen and oxygen atoms in total. The van der Waals surface area contributed by atoms with E-state index in [1.807, 2.05) is 0 Å². The average Bonchev–Trinajstić information content (AvgIpc) is 2.67. The molecular formula is C12H10BrNO5. The number of benzene rings is 1. The minimum atomic E-state index is -1.26. The zero-order chi connectivity index (χ0) is 14.2. The van der Waals surface area contributed by atoms with E-state index in [2.05, 4.69) is 15.9 Å². The molecule has 1 fully saturated rings. The maximum atomic E-state index is 11.8. The monoisotopic (exact) mass is 327 g/mol. The third kappa shape index (κ3) is 2.60. The van der Waals surface area contributed by atoms with Crippen molar-refractivity contribution in [3.8, 4) is 0 Å². The zero-order valence-corrected chi connectivity index (χ0v) is 11.3. The molecule has 1 heterocycles. The highest BCUT2D eigenvalue weighted by molar-refractivity contribution is 9.09. The second kappa shape index (κ2) is 5.00. The predicted molar refractivity (Wildman–Crippen MR) is 70.0 cm³/mol. The molecule has 0 aromatic heterocycles. The lowest BCUT2D eigenvalue weighted by atomic mass is 10.1. The Morgan fingerprint density at radius 3 is 2.42 bits per heavy atom. The fourth-order valence-corrected chi connectivity index (χ4v) is 2.54. The van der Waals surface area contributed by atoms with Crippen LogP contribution in [0.3, 0.4) is 0 Å². The summed E-state index contributed by atoms with van der Waals surface area (Å²) in [5.41, 5.74) is -0.0810. The van der Waals surface area contributed by atoms with Gasteiger partial charge in [0.1, 0.15) is 0 Å². The lowest BCUT2D eigenvalue weighted by molar-refractivity contribution is -0.117. The maximum absolute atomic E-state index is 11.8. The number of carboxylic acid groups (broad SMARTS) is 2. The molecule has 7 heteroatoms. The molecule has 1 unspecified atom stereocenters. The van der Waals surface area contributed by atoms with Gasteiger partial charge in [-0.3, -0.25) is 4.79 Å². The Morgan fingerprint density at radius 2 is 1.95 bits per heavy atom. The first kappa shape index (κ1) is 13.5. The van der Waals surface area contributed by atoms with Gasteiger partial charge in [-0.25, -0.2) is 9.59 Å². The molecule has 1 saturated heterocycles. The number of anilines is 1. The number of amides is 1. The summed E-state index contributed by atoms with van der Waals surface area (Å²) in [7, 11) is 0. The largest absolute Gasteiger partial charge is 0.478 e. The van der Waals surface area contributed by atoms with Gasteiger partial charge in [-0.2, -0.15) is 0 Å². The predicted octanol–water partition coefficient (Wildman–Crippen LogP) is 1.58. The number of hydrogen-bond acceptors (Lipinski definition) is 3. The molecule has 1 aromatic carbocycles. The van der Waals surface area contributed by atoms with Crippen LogP contribution in [0.1, 0.15) is 27.1 Å². The standard InChI is InChI=1S/C12H10BrNO5/c13-7-4-10(15)14(5-7)9-2-1-6(11(16)17)3-8(9)12(18)19/h1-3,7H,4-5H2,(H,16,17)(H,18,19). The number of carbonyl (C=O) groups excluding carboxylic acids is 1.